The summed E-state index contributed by atoms with van der Waals surface area (Å²) in [6.45, 7) is 1.65. The molecule has 5 rings (SSSR count). The van der Waals surface area contributed by atoms with Crippen LogP contribution in [-0.4, -0.2) is 42.4 Å². The molecule has 0 aromatic heterocycles. The van der Waals surface area contributed by atoms with Crippen molar-refractivity contribution >= 4 is 0 Å². The summed E-state index contributed by atoms with van der Waals surface area (Å²) in [5, 5.41) is 11.2. The summed E-state index contributed by atoms with van der Waals surface area (Å²) in [4.78, 5) is 0. The predicted molar refractivity (Wildman–Crippen MR) is 152 cm³/mol. The van der Waals surface area contributed by atoms with Gasteiger partial charge in [-0.2, -0.15) is 0 Å². The van der Waals surface area contributed by atoms with E-state index in [4.69, 9.17) is 23.7 Å². The van der Waals surface area contributed by atoms with Crippen LogP contribution in [-0.2, 0) is 50.1 Å². The Labute approximate surface area is 236 Å². The summed E-state index contributed by atoms with van der Waals surface area (Å²) >= 11 is 0. The van der Waals surface area contributed by atoms with Gasteiger partial charge >= 0.3 is 0 Å². The third kappa shape index (κ3) is 8.08. The summed E-state index contributed by atoms with van der Waals surface area (Å²) in [6.07, 6.45) is -3.72. The van der Waals surface area contributed by atoms with Crippen molar-refractivity contribution in [3.8, 4) is 0 Å². The van der Waals surface area contributed by atoms with Crippen LogP contribution in [0.1, 0.15) is 22.3 Å². The molecule has 1 heterocycles. The fourth-order valence-corrected chi connectivity index (χ4v) is 4.77. The van der Waals surface area contributed by atoms with Gasteiger partial charge in [0.25, 0.3) is 0 Å². The van der Waals surface area contributed by atoms with Crippen LogP contribution in [0.3, 0.4) is 0 Å². The number of aliphatic hydroxyl groups is 1. The van der Waals surface area contributed by atoms with Gasteiger partial charge in [0, 0.05) is 0 Å². The second-order valence-corrected chi connectivity index (χ2v) is 9.85. The molecular weight excluding hydrogens is 504 g/mol. The quantitative estimate of drug-likeness (QED) is 0.236. The number of hydrogen-bond acceptors (Lipinski definition) is 6. The minimum Gasteiger partial charge on any atom is -0.374 e. The zero-order valence-corrected chi connectivity index (χ0v) is 22.5. The minimum absolute atomic E-state index is 0.224. The Bertz CT molecular complexity index is 1240. The number of rotatable bonds is 13. The van der Waals surface area contributed by atoms with Crippen LogP contribution in [0.25, 0.3) is 0 Å². The smallest absolute Gasteiger partial charge is 0.184 e. The van der Waals surface area contributed by atoms with Gasteiger partial charge in [-0.15, -0.1) is 0 Å². The molecule has 4 aromatic rings. The minimum atomic E-state index is -1.22. The van der Waals surface area contributed by atoms with E-state index in [1.165, 1.54) is 0 Å². The van der Waals surface area contributed by atoms with Gasteiger partial charge in [-0.05, 0) is 22.3 Å². The van der Waals surface area contributed by atoms with Gasteiger partial charge in [0.05, 0.1) is 33.0 Å². The summed E-state index contributed by atoms with van der Waals surface area (Å²) in [6, 6.07) is 39.7. The Hall–Kier alpha value is -3.36. The van der Waals surface area contributed by atoms with Gasteiger partial charge in [0.2, 0.25) is 0 Å². The maximum Gasteiger partial charge on any atom is 0.184 e. The van der Waals surface area contributed by atoms with Crippen LogP contribution in [0.2, 0.25) is 0 Å². The Morgan fingerprint density at radius 3 is 1.30 bits per heavy atom. The highest BCUT2D eigenvalue weighted by Crippen LogP contribution is 2.30. The molecule has 40 heavy (non-hydrogen) atoms. The molecular formula is C34H36O6. The second-order valence-electron chi connectivity index (χ2n) is 9.85. The van der Waals surface area contributed by atoms with E-state index < -0.39 is 30.7 Å². The fourth-order valence-electron chi connectivity index (χ4n) is 4.77. The Kier molecular flexibility index (Phi) is 10.5. The molecule has 5 atom stereocenters. The van der Waals surface area contributed by atoms with Crippen LogP contribution >= 0.6 is 0 Å². The molecule has 0 amide bonds. The molecule has 0 bridgehead atoms. The lowest BCUT2D eigenvalue weighted by Gasteiger charge is -2.44. The highest BCUT2D eigenvalue weighted by molar-refractivity contribution is 5.16. The third-order valence-electron chi connectivity index (χ3n) is 6.86. The fraction of sp³-hybridized carbons (Fsp3) is 0.294. The van der Waals surface area contributed by atoms with Crippen LogP contribution in [0.15, 0.2) is 121 Å². The van der Waals surface area contributed by atoms with Crippen molar-refractivity contribution in [2.75, 3.05) is 6.61 Å². The standard InChI is InChI=1S/C34H36O6/c35-34-33(39-24-29-19-11-4-12-20-29)32(38-23-28-17-9-3-10-18-28)31(37-22-27-15-7-2-8-16-27)30(40-34)25-36-21-26-13-5-1-6-14-26/h1-20,30-35H,21-25H2/t30?,31-,32+,33?,34+/m1/s1. The van der Waals surface area contributed by atoms with Crippen LogP contribution in [0.5, 0.6) is 0 Å². The molecule has 1 aliphatic rings. The third-order valence-corrected chi connectivity index (χ3v) is 6.86. The van der Waals surface area contributed by atoms with Crippen LogP contribution in [0, 0.1) is 0 Å². The van der Waals surface area contributed by atoms with Gasteiger partial charge in [-0.1, -0.05) is 121 Å². The molecule has 208 valence electrons. The molecule has 0 radical (unpaired) electrons. The first-order chi connectivity index (χ1) is 19.8. The van der Waals surface area contributed by atoms with Crippen LogP contribution < -0.4 is 0 Å². The first-order valence-electron chi connectivity index (χ1n) is 13.7. The van der Waals surface area contributed by atoms with Crippen molar-refractivity contribution in [2.45, 2.75) is 57.1 Å². The average Bonchev–Trinajstić information content (AvgIpc) is 3.01. The van der Waals surface area contributed by atoms with Crippen molar-refractivity contribution in [3.63, 3.8) is 0 Å². The maximum absolute atomic E-state index is 11.2. The first kappa shape index (κ1) is 28.2. The molecule has 2 unspecified atom stereocenters. The number of aliphatic hydroxyl groups excluding tert-OH is 1. The van der Waals surface area contributed by atoms with Crippen molar-refractivity contribution < 1.29 is 28.8 Å². The largest absolute Gasteiger partial charge is 0.374 e. The first-order valence-corrected chi connectivity index (χ1v) is 13.7. The average molecular weight is 541 g/mol. The van der Waals surface area contributed by atoms with Crippen molar-refractivity contribution in [2.24, 2.45) is 0 Å². The van der Waals surface area contributed by atoms with E-state index >= 15 is 0 Å². The Morgan fingerprint density at radius 2 is 0.850 bits per heavy atom. The lowest BCUT2D eigenvalue weighted by atomic mass is 9.98. The summed E-state index contributed by atoms with van der Waals surface area (Å²) < 4.78 is 31.4. The number of hydrogen-bond donors (Lipinski definition) is 1. The molecule has 6 nitrogen and oxygen atoms in total. The lowest BCUT2D eigenvalue weighted by molar-refractivity contribution is -0.317. The number of ether oxygens (including phenoxy) is 5. The van der Waals surface area contributed by atoms with E-state index in [1.807, 2.05) is 121 Å². The highest BCUT2D eigenvalue weighted by atomic mass is 16.7. The van der Waals surface area contributed by atoms with Crippen molar-refractivity contribution in [3.05, 3.63) is 144 Å². The second kappa shape index (κ2) is 14.9. The molecule has 0 spiro atoms. The SMILES string of the molecule is O[C@H]1OC(COCc2ccccc2)[C@@H](OCc2ccccc2)[C@H](OCc2ccccc2)C1OCc1ccccc1. The van der Waals surface area contributed by atoms with E-state index in [-0.39, 0.29) is 6.61 Å². The Balaban J connectivity index is 1.36. The molecule has 1 N–H and O–H groups in total. The zero-order chi connectivity index (χ0) is 27.4. The van der Waals surface area contributed by atoms with E-state index in [2.05, 4.69) is 0 Å². The van der Waals surface area contributed by atoms with E-state index in [0.29, 0.717) is 26.4 Å². The zero-order valence-electron chi connectivity index (χ0n) is 22.5. The van der Waals surface area contributed by atoms with Gasteiger partial charge < -0.3 is 28.8 Å². The van der Waals surface area contributed by atoms with Gasteiger partial charge in [0.15, 0.2) is 6.29 Å². The molecule has 0 aliphatic carbocycles. The summed E-state index contributed by atoms with van der Waals surface area (Å²) in [7, 11) is 0. The molecule has 1 fully saturated rings. The lowest BCUT2D eigenvalue weighted by Crippen LogP contribution is -2.61. The molecule has 6 heteroatoms. The van der Waals surface area contributed by atoms with Gasteiger partial charge in [-0.3, -0.25) is 0 Å². The van der Waals surface area contributed by atoms with Crippen molar-refractivity contribution in [1.82, 2.24) is 0 Å². The highest BCUT2D eigenvalue weighted by Gasteiger charge is 2.48. The molecule has 1 saturated heterocycles. The van der Waals surface area contributed by atoms with Gasteiger partial charge in [-0.25, -0.2) is 0 Å². The summed E-state index contributed by atoms with van der Waals surface area (Å²) in [5.41, 5.74) is 4.10. The van der Waals surface area contributed by atoms with Gasteiger partial charge in [0.1, 0.15) is 24.4 Å². The Morgan fingerprint density at radius 1 is 0.475 bits per heavy atom. The predicted octanol–water partition coefficient (Wildman–Crippen LogP) is 5.68. The molecule has 1 aliphatic heterocycles. The summed E-state index contributed by atoms with van der Waals surface area (Å²) in [5.74, 6) is 0. The monoisotopic (exact) mass is 540 g/mol. The maximum atomic E-state index is 11.2. The van der Waals surface area contributed by atoms with Crippen molar-refractivity contribution in [1.29, 1.82) is 0 Å². The normalized spacial score (nSPS) is 22.7. The van der Waals surface area contributed by atoms with E-state index in [9.17, 15) is 5.11 Å². The molecule has 4 aromatic carbocycles. The molecule has 0 saturated carbocycles. The topological polar surface area (TPSA) is 66.4 Å². The van der Waals surface area contributed by atoms with Crippen LogP contribution in [0.4, 0.5) is 0 Å². The number of benzene rings is 4. The van der Waals surface area contributed by atoms with E-state index in [0.717, 1.165) is 22.3 Å². The van der Waals surface area contributed by atoms with E-state index in [1.54, 1.807) is 0 Å².